The molecular formula is C20H16F2N2O. The van der Waals surface area contributed by atoms with Crippen LogP contribution in [0.5, 0.6) is 0 Å². The zero-order chi connectivity index (χ0) is 17.6. The molecule has 0 unspecified atom stereocenters. The van der Waals surface area contributed by atoms with Gasteiger partial charge in [-0.15, -0.1) is 0 Å². The van der Waals surface area contributed by atoms with Crippen LogP contribution in [-0.4, -0.2) is 28.9 Å². The van der Waals surface area contributed by atoms with E-state index in [1.807, 2.05) is 37.3 Å². The Hall–Kier alpha value is -2.95. The standard InChI is InChI=1S/C20H16F2N2O/c1-12-4-2-3-5-14(12)13-8-9-24(11-13)20(25)18-10-15-16(21)6-7-17(22)19(15)23-18/h2-8,10,23H,9,11H2,1H3. The van der Waals surface area contributed by atoms with E-state index in [9.17, 15) is 13.6 Å². The first-order chi connectivity index (χ1) is 12.0. The molecule has 1 amide bonds. The fraction of sp³-hybridized carbons (Fsp3) is 0.150. The molecule has 0 radical (unpaired) electrons. The van der Waals surface area contributed by atoms with Crippen molar-refractivity contribution in [3.8, 4) is 0 Å². The summed E-state index contributed by atoms with van der Waals surface area (Å²) in [6.07, 6.45) is 2.02. The largest absolute Gasteiger partial charge is 0.348 e. The predicted octanol–water partition coefficient (Wildman–Crippen LogP) is 4.29. The molecule has 0 fully saturated rings. The van der Waals surface area contributed by atoms with Gasteiger partial charge in [-0.25, -0.2) is 8.78 Å². The van der Waals surface area contributed by atoms with Gasteiger partial charge >= 0.3 is 0 Å². The van der Waals surface area contributed by atoms with Crippen LogP contribution in [-0.2, 0) is 0 Å². The SMILES string of the molecule is Cc1ccccc1C1=CCN(C(=O)c2cc3c(F)ccc(F)c3[nH]2)C1. The molecule has 1 aliphatic heterocycles. The van der Waals surface area contributed by atoms with Crippen LogP contribution in [0.25, 0.3) is 16.5 Å². The normalized spacial score (nSPS) is 14.2. The van der Waals surface area contributed by atoms with Crippen molar-refractivity contribution in [3.05, 3.63) is 77.0 Å². The highest BCUT2D eigenvalue weighted by atomic mass is 19.1. The number of benzene rings is 2. The van der Waals surface area contributed by atoms with E-state index >= 15 is 0 Å². The topological polar surface area (TPSA) is 36.1 Å². The number of hydrogen-bond acceptors (Lipinski definition) is 1. The summed E-state index contributed by atoms with van der Waals surface area (Å²) in [6.45, 7) is 2.98. The summed E-state index contributed by atoms with van der Waals surface area (Å²) < 4.78 is 27.6. The average molecular weight is 338 g/mol. The van der Waals surface area contributed by atoms with Crippen LogP contribution in [0.2, 0.25) is 0 Å². The highest BCUT2D eigenvalue weighted by Crippen LogP contribution is 2.27. The lowest BCUT2D eigenvalue weighted by molar-refractivity contribution is 0.0796. The summed E-state index contributed by atoms with van der Waals surface area (Å²) in [7, 11) is 0. The number of fused-ring (bicyclic) bond motifs is 1. The second-order valence-electron chi connectivity index (χ2n) is 6.23. The number of aromatic nitrogens is 1. The Morgan fingerprint density at radius 2 is 1.88 bits per heavy atom. The number of halogens is 2. The molecule has 0 aliphatic carbocycles. The van der Waals surface area contributed by atoms with Crippen LogP contribution >= 0.6 is 0 Å². The molecule has 0 saturated heterocycles. The first-order valence-electron chi connectivity index (χ1n) is 8.05. The number of aromatic amines is 1. The van der Waals surface area contributed by atoms with Gasteiger partial charge in [0.05, 0.1) is 5.52 Å². The molecule has 2 aromatic carbocycles. The molecule has 2 heterocycles. The summed E-state index contributed by atoms with van der Waals surface area (Å²) in [5.74, 6) is -1.39. The number of hydrogen-bond donors (Lipinski definition) is 1. The van der Waals surface area contributed by atoms with Gasteiger partial charge < -0.3 is 9.88 Å². The molecule has 3 nitrogen and oxygen atoms in total. The molecule has 126 valence electrons. The van der Waals surface area contributed by atoms with Gasteiger partial charge in [0.1, 0.15) is 17.3 Å². The van der Waals surface area contributed by atoms with Gasteiger partial charge in [-0.05, 0) is 41.8 Å². The quantitative estimate of drug-likeness (QED) is 0.743. The van der Waals surface area contributed by atoms with E-state index in [1.54, 1.807) is 4.90 Å². The highest BCUT2D eigenvalue weighted by molar-refractivity contribution is 5.99. The minimum absolute atomic E-state index is 0.0228. The van der Waals surface area contributed by atoms with Crippen molar-refractivity contribution in [2.45, 2.75) is 6.92 Å². The molecule has 4 rings (SSSR count). The van der Waals surface area contributed by atoms with E-state index in [1.165, 1.54) is 6.07 Å². The lowest BCUT2D eigenvalue weighted by atomic mass is 10.0. The molecule has 0 atom stereocenters. The van der Waals surface area contributed by atoms with Crippen LogP contribution < -0.4 is 0 Å². The zero-order valence-corrected chi connectivity index (χ0v) is 13.6. The molecule has 1 N–H and O–H groups in total. The second kappa shape index (κ2) is 5.84. The highest BCUT2D eigenvalue weighted by Gasteiger charge is 2.24. The molecule has 1 aromatic heterocycles. The van der Waals surface area contributed by atoms with E-state index in [-0.39, 0.29) is 22.5 Å². The number of rotatable bonds is 2. The Balaban J connectivity index is 1.60. The van der Waals surface area contributed by atoms with Crippen molar-refractivity contribution < 1.29 is 13.6 Å². The van der Waals surface area contributed by atoms with E-state index in [2.05, 4.69) is 4.98 Å². The number of carbonyl (C=O) groups excluding carboxylic acids is 1. The molecule has 3 aromatic rings. The lowest BCUT2D eigenvalue weighted by Crippen LogP contribution is -2.29. The summed E-state index contributed by atoms with van der Waals surface area (Å²) in [6, 6.07) is 11.5. The van der Waals surface area contributed by atoms with Crippen LogP contribution in [0.1, 0.15) is 21.6 Å². The van der Waals surface area contributed by atoms with Crippen molar-refractivity contribution in [1.29, 1.82) is 0 Å². The monoisotopic (exact) mass is 338 g/mol. The second-order valence-corrected chi connectivity index (χ2v) is 6.23. The van der Waals surface area contributed by atoms with Gasteiger partial charge in [0.2, 0.25) is 0 Å². The van der Waals surface area contributed by atoms with Crippen molar-refractivity contribution >= 4 is 22.4 Å². The predicted molar refractivity (Wildman–Crippen MR) is 93.3 cm³/mol. The van der Waals surface area contributed by atoms with Gasteiger partial charge in [0, 0.05) is 18.5 Å². The number of aryl methyl sites for hydroxylation is 1. The number of H-pyrrole nitrogens is 1. The Kier molecular flexibility index (Phi) is 3.64. The Bertz CT molecular complexity index is 981. The van der Waals surface area contributed by atoms with Crippen LogP contribution in [0.3, 0.4) is 0 Å². The molecule has 25 heavy (non-hydrogen) atoms. The van der Waals surface area contributed by atoms with Crippen LogP contribution in [0.15, 0.2) is 48.5 Å². The van der Waals surface area contributed by atoms with Gasteiger partial charge in [0.25, 0.3) is 5.91 Å². The van der Waals surface area contributed by atoms with Gasteiger partial charge in [-0.3, -0.25) is 4.79 Å². The van der Waals surface area contributed by atoms with Crippen LogP contribution in [0, 0.1) is 18.6 Å². The van der Waals surface area contributed by atoms with Crippen molar-refractivity contribution in [2.75, 3.05) is 13.1 Å². The third-order valence-electron chi connectivity index (χ3n) is 4.62. The maximum absolute atomic E-state index is 13.8. The van der Waals surface area contributed by atoms with Gasteiger partial charge in [0.15, 0.2) is 0 Å². The smallest absolute Gasteiger partial charge is 0.270 e. The Morgan fingerprint density at radius 3 is 2.64 bits per heavy atom. The van der Waals surface area contributed by atoms with E-state index in [4.69, 9.17) is 0 Å². The minimum Gasteiger partial charge on any atom is -0.348 e. The molecule has 1 aliphatic rings. The fourth-order valence-electron chi connectivity index (χ4n) is 3.27. The first kappa shape index (κ1) is 15.6. The summed E-state index contributed by atoms with van der Waals surface area (Å²) in [5, 5.41) is 0.0923. The summed E-state index contributed by atoms with van der Waals surface area (Å²) >= 11 is 0. The Morgan fingerprint density at radius 1 is 1.12 bits per heavy atom. The summed E-state index contributed by atoms with van der Waals surface area (Å²) in [5.41, 5.74) is 3.57. The molecule has 0 spiro atoms. The molecular weight excluding hydrogens is 322 g/mol. The third-order valence-corrected chi connectivity index (χ3v) is 4.62. The number of carbonyl (C=O) groups is 1. The van der Waals surface area contributed by atoms with Crippen molar-refractivity contribution in [1.82, 2.24) is 9.88 Å². The lowest BCUT2D eigenvalue weighted by Gasteiger charge is -2.16. The molecule has 0 bridgehead atoms. The Labute approximate surface area is 143 Å². The average Bonchev–Trinajstić information content (AvgIpc) is 3.26. The van der Waals surface area contributed by atoms with E-state index < -0.39 is 11.6 Å². The van der Waals surface area contributed by atoms with Gasteiger partial charge in [-0.1, -0.05) is 30.3 Å². The molecule has 0 saturated carbocycles. The number of nitrogens with one attached hydrogen (secondary N) is 1. The summed E-state index contributed by atoms with van der Waals surface area (Å²) in [4.78, 5) is 17.1. The first-order valence-corrected chi connectivity index (χ1v) is 8.05. The van der Waals surface area contributed by atoms with Crippen molar-refractivity contribution in [2.24, 2.45) is 0 Å². The van der Waals surface area contributed by atoms with E-state index in [0.29, 0.717) is 13.1 Å². The minimum atomic E-state index is -0.574. The fourth-order valence-corrected chi connectivity index (χ4v) is 3.27. The van der Waals surface area contributed by atoms with Crippen molar-refractivity contribution in [3.63, 3.8) is 0 Å². The number of amides is 1. The van der Waals surface area contributed by atoms with E-state index in [0.717, 1.165) is 28.8 Å². The maximum Gasteiger partial charge on any atom is 0.270 e. The maximum atomic E-state index is 13.8. The zero-order valence-electron chi connectivity index (χ0n) is 13.6. The molecule has 5 heteroatoms. The number of nitrogens with zero attached hydrogens (tertiary/aromatic N) is 1. The van der Waals surface area contributed by atoms with Crippen LogP contribution in [0.4, 0.5) is 8.78 Å². The third kappa shape index (κ3) is 2.61. The van der Waals surface area contributed by atoms with Gasteiger partial charge in [-0.2, -0.15) is 0 Å².